The lowest BCUT2D eigenvalue weighted by Gasteiger charge is -2.51. The van der Waals surface area contributed by atoms with E-state index >= 15 is 0 Å². The number of ether oxygens (including phenoxy) is 2. The number of benzene rings is 2. The van der Waals surface area contributed by atoms with Gasteiger partial charge in [-0.05, 0) is 48.1 Å². The highest BCUT2D eigenvalue weighted by Gasteiger charge is 2.81. The summed E-state index contributed by atoms with van der Waals surface area (Å²) < 4.78 is 168. The first-order valence-corrected chi connectivity index (χ1v) is 14.5. The average molecular weight is 709 g/mol. The van der Waals surface area contributed by atoms with Crippen LogP contribution >= 0.6 is 0 Å². The lowest BCUT2D eigenvalue weighted by atomic mass is 9.64. The van der Waals surface area contributed by atoms with E-state index in [-0.39, 0.29) is 22.3 Å². The fraction of sp³-hybridized carbons (Fsp3) is 0.586. The number of rotatable bonds is 16. The number of alkyl halides is 9. The van der Waals surface area contributed by atoms with Crippen molar-refractivity contribution >= 4 is 21.0 Å². The molecular formula is C29H31F11O4Si2. The molecule has 46 heavy (non-hydrogen) atoms. The van der Waals surface area contributed by atoms with E-state index < -0.39 is 78.6 Å². The van der Waals surface area contributed by atoms with Crippen molar-refractivity contribution in [3.63, 3.8) is 0 Å². The molecule has 0 unspecified atom stereocenters. The van der Waals surface area contributed by atoms with Gasteiger partial charge in [-0.3, -0.25) is 0 Å². The van der Waals surface area contributed by atoms with E-state index in [4.69, 9.17) is 18.3 Å². The molecule has 0 heterocycles. The van der Waals surface area contributed by atoms with Crippen LogP contribution in [0.5, 0.6) is 11.5 Å². The maximum atomic E-state index is 14.9. The molecule has 2 aromatic carbocycles. The van der Waals surface area contributed by atoms with Crippen LogP contribution in [0.2, 0.25) is 0 Å². The monoisotopic (exact) mass is 708 g/mol. The standard InChI is InChI=1S/C29H31F11O4Si2/c1-6-23(2,3)24(4,5)29(43-45,44-46)42-18-11-9-17(10-12-18)19-13-14-20(22(31)21(19)30)41-16-8-7-15-25(32,33)26(34,35)27(36,37)28(38,39)40/h9-14H,6-8,15-16H2,1-5H3. The third kappa shape index (κ3) is 7.36. The summed E-state index contributed by atoms with van der Waals surface area (Å²) in [4.78, 5) is 0. The van der Waals surface area contributed by atoms with E-state index in [9.17, 15) is 48.3 Å². The molecule has 256 valence electrons. The molecule has 0 saturated carbocycles. The van der Waals surface area contributed by atoms with Crippen LogP contribution < -0.4 is 9.47 Å². The van der Waals surface area contributed by atoms with Crippen molar-refractivity contribution in [3.8, 4) is 22.6 Å². The number of hydrogen-bond acceptors (Lipinski definition) is 4. The predicted molar refractivity (Wildman–Crippen MR) is 147 cm³/mol. The van der Waals surface area contributed by atoms with Gasteiger partial charge in [0.2, 0.25) is 5.82 Å². The van der Waals surface area contributed by atoms with Gasteiger partial charge in [-0.1, -0.05) is 53.2 Å². The second-order valence-electron chi connectivity index (χ2n) is 11.6. The molecule has 2 aromatic rings. The minimum absolute atomic E-state index is 0.200. The molecule has 0 aromatic heterocycles. The molecule has 0 N–H and O–H groups in total. The van der Waals surface area contributed by atoms with E-state index in [1.807, 2.05) is 34.6 Å². The Morgan fingerprint density at radius 3 is 1.72 bits per heavy atom. The highest BCUT2D eigenvalue weighted by molar-refractivity contribution is 6.00. The van der Waals surface area contributed by atoms with Gasteiger partial charge in [0, 0.05) is 12.0 Å². The van der Waals surface area contributed by atoms with Gasteiger partial charge in [0.05, 0.1) is 12.0 Å². The highest BCUT2D eigenvalue weighted by Crippen LogP contribution is 2.54. The molecule has 0 fully saturated rings. The first kappa shape index (κ1) is 39.8. The minimum Gasteiger partial charge on any atom is -0.490 e. The van der Waals surface area contributed by atoms with Gasteiger partial charge in [-0.15, -0.1) is 0 Å². The SMILES string of the molecule is CCC(C)(C)C(C)(C)C(O[Si])(O[Si])Oc1ccc(-c2ccc(OCCCCC(F)(F)C(F)(F)C(F)(F)C(F)(F)F)c(F)c2F)cc1. The average Bonchev–Trinajstić information content (AvgIpc) is 2.97. The molecule has 0 atom stereocenters. The highest BCUT2D eigenvalue weighted by atomic mass is 28.2. The Morgan fingerprint density at radius 1 is 0.696 bits per heavy atom. The van der Waals surface area contributed by atoms with Crippen LogP contribution in [0, 0.1) is 22.5 Å². The third-order valence-electron chi connectivity index (χ3n) is 8.43. The predicted octanol–water partition coefficient (Wildman–Crippen LogP) is 9.34. The Kier molecular flexibility index (Phi) is 12.1. The zero-order chi connectivity index (χ0) is 35.6. The normalized spacial score (nSPS) is 14.0. The summed E-state index contributed by atoms with van der Waals surface area (Å²) in [6, 6.07) is 7.86. The van der Waals surface area contributed by atoms with Crippen molar-refractivity contribution in [2.45, 2.75) is 90.2 Å². The first-order chi connectivity index (χ1) is 20.9. The van der Waals surface area contributed by atoms with Crippen LogP contribution in [0.25, 0.3) is 11.1 Å². The molecule has 0 spiro atoms. The summed E-state index contributed by atoms with van der Waals surface area (Å²) in [7, 11) is 6.05. The summed E-state index contributed by atoms with van der Waals surface area (Å²) in [5.74, 6) is -24.4. The van der Waals surface area contributed by atoms with Gasteiger partial charge in [0.25, 0.3) is 21.0 Å². The number of halogens is 11. The number of hydrogen-bond donors (Lipinski definition) is 0. The first-order valence-electron chi connectivity index (χ1n) is 13.7. The smallest absolute Gasteiger partial charge is 0.460 e. The second kappa shape index (κ2) is 14.0. The summed E-state index contributed by atoms with van der Waals surface area (Å²) in [5, 5.41) is 0. The van der Waals surface area contributed by atoms with Crippen LogP contribution in [0.3, 0.4) is 0 Å². The van der Waals surface area contributed by atoms with Crippen LogP contribution in [0.4, 0.5) is 48.3 Å². The molecular weight excluding hydrogens is 677 g/mol. The Hall–Kier alpha value is -2.38. The van der Waals surface area contributed by atoms with E-state index in [2.05, 4.69) is 21.0 Å². The molecule has 17 heteroatoms. The van der Waals surface area contributed by atoms with Crippen molar-refractivity contribution < 1.29 is 66.6 Å². The molecule has 0 bridgehead atoms. The van der Waals surface area contributed by atoms with E-state index in [1.54, 1.807) is 0 Å². The summed E-state index contributed by atoms with van der Waals surface area (Å²) in [6.07, 6.45) is -9.82. The maximum Gasteiger partial charge on any atom is 0.460 e. The molecule has 6 radical (unpaired) electrons. The lowest BCUT2D eigenvalue weighted by Crippen LogP contribution is -2.60. The molecule has 0 aliphatic rings. The lowest BCUT2D eigenvalue weighted by molar-refractivity contribution is -0.396. The fourth-order valence-corrected chi connectivity index (χ4v) is 4.98. The zero-order valence-electron chi connectivity index (χ0n) is 25.3. The van der Waals surface area contributed by atoms with Gasteiger partial charge in [-0.25, -0.2) is 4.39 Å². The minimum atomic E-state index is -6.98. The maximum absolute atomic E-state index is 14.9. The van der Waals surface area contributed by atoms with Crippen LogP contribution in [0.15, 0.2) is 36.4 Å². The van der Waals surface area contributed by atoms with Gasteiger partial charge < -0.3 is 18.3 Å². The van der Waals surface area contributed by atoms with Crippen molar-refractivity contribution in [2.24, 2.45) is 10.8 Å². The van der Waals surface area contributed by atoms with Gasteiger partial charge >= 0.3 is 29.9 Å². The van der Waals surface area contributed by atoms with Crippen LogP contribution in [0.1, 0.15) is 60.3 Å². The van der Waals surface area contributed by atoms with E-state index in [0.717, 1.165) is 18.6 Å². The molecule has 0 aliphatic heterocycles. The van der Waals surface area contributed by atoms with Gasteiger partial charge in [0.15, 0.2) is 11.6 Å². The molecule has 4 nitrogen and oxygen atoms in total. The van der Waals surface area contributed by atoms with Gasteiger partial charge in [-0.2, -0.15) is 43.9 Å². The van der Waals surface area contributed by atoms with Crippen molar-refractivity contribution in [3.05, 3.63) is 48.0 Å². The summed E-state index contributed by atoms with van der Waals surface area (Å²) in [5.41, 5.74) is -1.16. The fourth-order valence-electron chi connectivity index (χ4n) is 4.22. The van der Waals surface area contributed by atoms with Crippen LogP contribution in [-0.2, 0) is 8.85 Å². The van der Waals surface area contributed by atoms with E-state index in [1.165, 1.54) is 24.3 Å². The Balaban J connectivity index is 2.12. The summed E-state index contributed by atoms with van der Waals surface area (Å²) >= 11 is 0. The van der Waals surface area contributed by atoms with Crippen molar-refractivity contribution in [1.82, 2.24) is 0 Å². The quantitative estimate of drug-likeness (QED) is 0.0754. The number of unbranched alkanes of at least 4 members (excludes halogenated alkanes) is 1. The largest absolute Gasteiger partial charge is 0.490 e. The van der Waals surface area contributed by atoms with Crippen molar-refractivity contribution in [1.29, 1.82) is 0 Å². The second-order valence-corrected chi connectivity index (χ2v) is 12.1. The third-order valence-corrected chi connectivity index (χ3v) is 8.96. The Bertz CT molecular complexity index is 1310. The Labute approximate surface area is 266 Å². The Morgan fingerprint density at radius 2 is 1.24 bits per heavy atom. The molecule has 0 amide bonds. The molecule has 0 saturated heterocycles. The van der Waals surface area contributed by atoms with E-state index in [0.29, 0.717) is 0 Å². The zero-order valence-corrected chi connectivity index (χ0v) is 27.3. The topological polar surface area (TPSA) is 36.9 Å². The van der Waals surface area contributed by atoms with Crippen molar-refractivity contribution in [2.75, 3.05) is 6.61 Å². The summed E-state index contributed by atoms with van der Waals surface area (Å²) in [6.45, 7) is 9.01. The molecule has 0 aliphatic carbocycles. The van der Waals surface area contributed by atoms with Gasteiger partial charge in [0.1, 0.15) is 5.75 Å². The van der Waals surface area contributed by atoms with Crippen LogP contribution in [-0.4, -0.2) is 57.5 Å². The molecule has 2 rings (SSSR count).